The Bertz CT molecular complexity index is 1050. The second kappa shape index (κ2) is 7.92. The summed E-state index contributed by atoms with van der Waals surface area (Å²) < 4.78 is 68.1. The molecule has 0 radical (unpaired) electrons. The number of benzene rings is 2. The van der Waals surface area contributed by atoms with Crippen molar-refractivity contribution in [3.05, 3.63) is 58.7 Å². The first-order valence-corrected chi connectivity index (χ1v) is 9.12. The van der Waals surface area contributed by atoms with Crippen LogP contribution in [-0.2, 0) is 20.2 Å². The molecule has 2 aromatic carbocycles. The number of hydrogen-bond donors (Lipinski definition) is 0. The average molecular weight is 412 g/mol. The minimum Gasteiger partial charge on any atom is -0.744 e. The molecule has 0 unspecified atom stereocenters. The van der Waals surface area contributed by atoms with Gasteiger partial charge in [0.25, 0.3) is 0 Å². The second-order valence-corrected chi connectivity index (χ2v) is 7.62. The van der Waals surface area contributed by atoms with Gasteiger partial charge in [-0.1, -0.05) is 24.3 Å². The first kappa shape index (κ1) is 23.6. The number of carbonyl (C=O) groups is 2. The molecule has 1 aliphatic carbocycles. The molecule has 0 atom stereocenters. The van der Waals surface area contributed by atoms with E-state index < -0.39 is 52.7 Å². The number of rotatable bonds is 2. The standard InChI is InChI=1S/C14H8O8S2.2Na/c15-13-7-3-1-5-9(23(17,18)19)11(7)14(16)12-8(13)4-2-6-10(12)24(20,21)22;;/h1-6H,(H,17,18,19)(H,20,21,22);;/q;2*+1/p-2. The smallest absolute Gasteiger partial charge is 0.744 e. The molecular weight excluding hydrogens is 406 g/mol. The molecule has 0 bridgehead atoms. The quantitative estimate of drug-likeness (QED) is 0.299. The number of hydrogen-bond acceptors (Lipinski definition) is 8. The summed E-state index contributed by atoms with van der Waals surface area (Å²) in [6, 6.07) is 6.20. The molecule has 12 heteroatoms. The van der Waals surface area contributed by atoms with Crippen LogP contribution in [-0.4, -0.2) is 37.5 Å². The van der Waals surface area contributed by atoms with Crippen LogP contribution in [0.4, 0.5) is 0 Å². The summed E-state index contributed by atoms with van der Waals surface area (Å²) in [5.74, 6) is -2.03. The van der Waals surface area contributed by atoms with E-state index in [0.717, 1.165) is 36.4 Å². The van der Waals surface area contributed by atoms with Crippen LogP contribution in [0.2, 0.25) is 0 Å². The second-order valence-electron chi connectivity index (χ2n) is 4.92. The Morgan fingerprint density at radius 3 is 1.27 bits per heavy atom. The fraction of sp³-hybridized carbons (Fsp3) is 0. The zero-order valence-electron chi connectivity index (χ0n) is 13.5. The molecule has 124 valence electrons. The molecule has 0 aromatic heterocycles. The summed E-state index contributed by atoms with van der Waals surface area (Å²) in [5, 5.41) is 0. The largest absolute Gasteiger partial charge is 1.00 e. The SMILES string of the molecule is O=C1c2cccc(S(=O)(=O)[O-])c2C(=O)c2c1cccc2S(=O)(=O)[O-].[Na+].[Na+]. The van der Waals surface area contributed by atoms with Crippen LogP contribution in [0.1, 0.15) is 31.8 Å². The summed E-state index contributed by atoms with van der Waals surface area (Å²) in [7, 11) is -10.2. The molecular formula is C14H6Na2O8S2. The van der Waals surface area contributed by atoms with E-state index in [1.807, 2.05) is 0 Å². The molecule has 1 aliphatic rings. The Hall–Kier alpha value is -0.400. The molecule has 0 aliphatic heterocycles. The van der Waals surface area contributed by atoms with Gasteiger partial charge >= 0.3 is 59.1 Å². The van der Waals surface area contributed by atoms with Crippen molar-refractivity contribution in [2.45, 2.75) is 9.79 Å². The van der Waals surface area contributed by atoms with Gasteiger partial charge in [-0.15, -0.1) is 0 Å². The summed E-state index contributed by atoms with van der Waals surface area (Å²) >= 11 is 0. The Balaban J connectivity index is 0.00000169. The van der Waals surface area contributed by atoms with Gasteiger partial charge in [0.2, 0.25) is 0 Å². The van der Waals surface area contributed by atoms with Crippen LogP contribution in [0, 0.1) is 0 Å². The molecule has 0 saturated heterocycles. The van der Waals surface area contributed by atoms with Gasteiger partial charge in [0.1, 0.15) is 20.2 Å². The normalized spacial score (nSPS) is 13.2. The maximum absolute atomic E-state index is 12.6. The van der Waals surface area contributed by atoms with Crippen molar-refractivity contribution in [1.82, 2.24) is 0 Å². The van der Waals surface area contributed by atoms with Crippen LogP contribution in [0.15, 0.2) is 46.2 Å². The van der Waals surface area contributed by atoms with Crippen LogP contribution in [0.5, 0.6) is 0 Å². The van der Waals surface area contributed by atoms with E-state index in [1.54, 1.807) is 0 Å². The monoisotopic (exact) mass is 412 g/mol. The third-order valence-corrected chi connectivity index (χ3v) is 5.29. The molecule has 2 aromatic rings. The number of carbonyl (C=O) groups excluding carboxylic acids is 2. The van der Waals surface area contributed by atoms with Crippen molar-refractivity contribution in [3.63, 3.8) is 0 Å². The maximum Gasteiger partial charge on any atom is 1.00 e. The van der Waals surface area contributed by atoms with Gasteiger partial charge in [-0.3, -0.25) is 9.59 Å². The van der Waals surface area contributed by atoms with Gasteiger partial charge in [0, 0.05) is 11.1 Å². The van der Waals surface area contributed by atoms with Crippen molar-refractivity contribution in [3.8, 4) is 0 Å². The first-order chi connectivity index (χ1) is 11.0. The Kier molecular flexibility index (Phi) is 7.20. The van der Waals surface area contributed by atoms with Crippen molar-refractivity contribution in [2.24, 2.45) is 0 Å². The van der Waals surface area contributed by atoms with E-state index in [9.17, 15) is 35.5 Å². The van der Waals surface area contributed by atoms with E-state index in [-0.39, 0.29) is 70.2 Å². The van der Waals surface area contributed by atoms with Crippen molar-refractivity contribution < 1.29 is 94.6 Å². The van der Waals surface area contributed by atoms with Gasteiger partial charge in [-0.25, -0.2) is 16.8 Å². The van der Waals surface area contributed by atoms with Gasteiger partial charge in [-0.2, -0.15) is 0 Å². The summed E-state index contributed by atoms with van der Waals surface area (Å²) in [6.45, 7) is 0. The molecule has 0 saturated carbocycles. The molecule has 0 amide bonds. The van der Waals surface area contributed by atoms with Crippen molar-refractivity contribution >= 4 is 31.8 Å². The molecule has 0 fully saturated rings. The summed E-state index contributed by atoms with van der Waals surface area (Å²) in [4.78, 5) is 23.2. The number of fused-ring (bicyclic) bond motifs is 2. The summed E-state index contributed by atoms with van der Waals surface area (Å²) in [5.41, 5.74) is -2.13. The predicted octanol–water partition coefficient (Wildman–Crippen LogP) is -5.72. The molecule has 0 heterocycles. The third kappa shape index (κ3) is 3.90. The van der Waals surface area contributed by atoms with E-state index in [2.05, 4.69) is 0 Å². The van der Waals surface area contributed by atoms with Crippen LogP contribution >= 0.6 is 0 Å². The van der Waals surface area contributed by atoms with Gasteiger partial charge < -0.3 is 9.11 Å². The first-order valence-electron chi connectivity index (χ1n) is 6.30. The van der Waals surface area contributed by atoms with E-state index in [0.29, 0.717) is 0 Å². The van der Waals surface area contributed by atoms with E-state index >= 15 is 0 Å². The van der Waals surface area contributed by atoms with Gasteiger partial charge in [0.05, 0.1) is 20.9 Å². The maximum atomic E-state index is 12.6. The van der Waals surface area contributed by atoms with Gasteiger partial charge in [0.15, 0.2) is 11.6 Å². The summed E-state index contributed by atoms with van der Waals surface area (Å²) in [6.07, 6.45) is 0. The van der Waals surface area contributed by atoms with E-state index in [1.165, 1.54) is 0 Å². The number of ketones is 2. The predicted molar refractivity (Wildman–Crippen MR) is 75.7 cm³/mol. The fourth-order valence-electron chi connectivity index (χ4n) is 2.60. The molecule has 8 nitrogen and oxygen atoms in total. The Morgan fingerprint density at radius 2 is 0.962 bits per heavy atom. The van der Waals surface area contributed by atoms with Crippen LogP contribution < -0.4 is 59.1 Å². The van der Waals surface area contributed by atoms with Gasteiger partial charge in [-0.05, 0) is 12.1 Å². The third-order valence-electron chi connectivity index (χ3n) is 3.53. The van der Waals surface area contributed by atoms with Crippen LogP contribution in [0.25, 0.3) is 0 Å². The van der Waals surface area contributed by atoms with Crippen molar-refractivity contribution in [2.75, 3.05) is 0 Å². The minimum atomic E-state index is -5.10. The Labute approximate surface area is 193 Å². The van der Waals surface area contributed by atoms with E-state index in [4.69, 9.17) is 0 Å². The minimum absolute atomic E-state index is 0. The molecule has 3 rings (SSSR count). The zero-order valence-corrected chi connectivity index (χ0v) is 19.2. The molecule has 0 N–H and O–H groups in total. The van der Waals surface area contributed by atoms with Crippen LogP contribution in [0.3, 0.4) is 0 Å². The van der Waals surface area contributed by atoms with Crippen molar-refractivity contribution in [1.29, 1.82) is 0 Å². The fourth-order valence-corrected chi connectivity index (χ4v) is 3.99. The molecule has 26 heavy (non-hydrogen) atoms. The topological polar surface area (TPSA) is 149 Å². The Morgan fingerprint density at radius 1 is 0.615 bits per heavy atom. The zero-order chi connectivity index (χ0) is 17.9. The molecule has 0 spiro atoms. The average Bonchev–Trinajstić information content (AvgIpc) is 2.49.